The fraction of sp³-hybridized carbons (Fsp3) is 0.810. The van der Waals surface area contributed by atoms with Crippen LogP contribution in [0.5, 0.6) is 0 Å². The molecule has 0 unspecified atom stereocenters. The van der Waals surface area contributed by atoms with Crippen LogP contribution in [0.4, 0.5) is 0 Å². The highest BCUT2D eigenvalue weighted by Crippen LogP contribution is 2.51. The zero-order chi connectivity index (χ0) is 19.1. The molecule has 0 saturated heterocycles. The second kappa shape index (κ2) is 7.34. The molecule has 1 fully saturated rings. The molecule has 3 rings (SSSR count). The van der Waals surface area contributed by atoms with Gasteiger partial charge in [0.15, 0.2) is 0 Å². The first-order valence-electron chi connectivity index (χ1n) is 10.2. The highest BCUT2D eigenvalue weighted by atomic mass is 16.4. The minimum absolute atomic E-state index is 0.0160. The van der Waals surface area contributed by atoms with Crippen molar-refractivity contribution in [1.82, 2.24) is 4.90 Å². The molecule has 0 aromatic rings. The van der Waals surface area contributed by atoms with E-state index in [1.54, 1.807) is 0 Å². The van der Waals surface area contributed by atoms with E-state index in [0.29, 0.717) is 12.3 Å². The number of carbonyl (C=O) groups excluding carboxylic acids is 1. The Kier molecular flexibility index (Phi) is 5.48. The molecular formula is C21H33NO4. The molecule has 0 aromatic carbocycles. The molecule has 0 aromatic heterocycles. The summed E-state index contributed by atoms with van der Waals surface area (Å²) in [6, 6.07) is -0.304. The fourth-order valence-corrected chi connectivity index (χ4v) is 5.65. The zero-order valence-corrected chi connectivity index (χ0v) is 16.3. The highest BCUT2D eigenvalue weighted by Gasteiger charge is 2.57. The van der Waals surface area contributed by atoms with E-state index in [1.165, 1.54) is 0 Å². The predicted molar refractivity (Wildman–Crippen MR) is 99.5 cm³/mol. The number of hydrogen-bond acceptors (Lipinski definition) is 3. The molecule has 2 N–H and O–H groups in total. The molecule has 1 saturated carbocycles. The van der Waals surface area contributed by atoms with Crippen LogP contribution >= 0.6 is 0 Å². The summed E-state index contributed by atoms with van der Waals surface area (Å²) in [6.45, 7) is 6.07. The van der Waals surface area contributed by atoms with Crippen molar-refractivity contribution in [1.29, 1.82) is 0 Å². The lowest BCUT2D eigenvalue weighted by atomic mass is 9.60. The van der Waals surface area contributed by atoms with Crippen LogP contribution in [-0.2, 0) is 9.59 Å². The smallest absolute Gasteiger partial charge is 0.315 e. The molecule has 2 aliphatic carbocycles. The number of carboxylic acid groups (broad SMARTS) is 1. The second-order valence-corrected chi connectivity index (χ2v) is 8.89. The van der Waals surface area contributed by atoms with Crippen LogP contribution in [0.15, 0.2) is 11.1 Å². The Bertz CT molecular complexity index is 603. The number of aliphatic hydroxyl groups is 1. The van der Waals surface area contributed by atoms with Crippen molar-refractivity contribution in [2.45, 2.75) is 84.2 Å². The third kappa shape index (κ3) is 2.98. The summed E-state index contributed by atoms with van der Waals surface area (Å²) in [5, 5.41) is 19.8. The van der Waals surface area contributed by atoms with E-state index in [1.807, 2.05) is 25.7 Å². The maximum atomic E-state index is 13.3. The Balaban J connectivity index is 2.07. The number of nitrogens with zero attached hydrogens (tertiary/aromatic N) is 1. The van der Waals surface area contributed by atoms with E-state index in [-0.39, 0.29) is 30.5 Å². The fourth-order valence-electron chi connectivity index (χ4n) is 5.65. The van der Waals surface area contributed by atoms with Crippen molar-refractivity contribution in [2.24, 2.45) is 17.3 Å². The largest absolute Gasteiger partial charge is 0.481 e. The number of aliphatic carboxylic acids is 1. The van der Waals surface area contributed by atoms with Gasteiger partial charge in [0.2, 0.25) is 5.91 Å². The summed E-state index contributed by atoms with van der Waals surface area (Å²) in [5.41, 5.74) is 0.674. The molecule has 26 heavy (non-hydrogen) atoms. The predicted octanol–water partition coefficient (Wildman–Crippen LogP) is 3.37. The first-order valence-corrected chi connectivity index (χ1v) is 10.2. The first kappa shape index (κ1) is 19.4. The van der Waals surface area contributed by atoms with Gasteiger partial charge in [-0.1, -0.05) is 0 Å². The maximum Gasteiger partial charge on any atom is 0.315 e. The van der Waals surface area contributed by atoms with Crippen molar-refractivity contribution in [2.75, 3.05) is 6.61 Å². The molecule has 1 heterocycles. The summed E-state index contributed by atoms with van der Waals surface area (Å²) in [7, 11) is 0. The van der Waals surface area contributed by atoms with E-state index < -0.39 is 11.4 Å². The van der Waals surface area contributed by atoms with Gasteiger partial charge in [0, 0.05) is 18.2 Å². The molecule has 146 valence electrons. The van der Waals surface area contributed by atoms with Crippen molar-refractivity contribution < 1.29 is 19.8 Å². The van der Waals surface area contributed by atoms with Crippen molar-refractivity contribution in [3.05, 3.63) is 11.1 Å². The molecule has 0 bridgehead atoms. The lowest BCUT2D eigenvalue weighted by Crippen LogP contribution is -2.63. The normalized spacial score (nSPS) is 35.7. The lowest BCUT2D eigenvalue weighted by Gasteiger charge is -2.54. The number of carboxylic acids is 1. The summed E-state index contributed by atoms with van der Waals surface area (Å²) in [5.74, 6) is -0.221. The Labute approximate surface area is 156 Å². The van der Waals surface area contributed by atoms with Gasteiger partial charge < -0.3 is 15.1 Å². The average molecular weight is 363 g/mol. The quantitative estimate of drug-likeness (QED) is 0.803. The SMILES string of the molecule is CC(C)N1C(=O)C2=C(CCCC2)[C@](C)(C(=O)O)[C@@H]1C1CCC(CO)CC1. The van der Waals surface area contributed by atoms with Crippen LogP contribution < -0.4 is 0 Å². The van der Waals surface area contributed by atoms with Gasteiger partial charge in [-0.25, -0.2) is 0 Å². The van der Waals surface area contributed by atoms with Gasteiger partial charge in [0.25, 0.3) is 0 Å². The van der Waals surface area contributed by atoms with Gasteiger partial charge in [-0.3, -0.25) is 9.59 Å². The van der Waals surface area contributed by atoms with Crippen molar-refractivity contribution in [3.8, 4) is 0 Å². The minimum Gasteiger partial charge on any atom is -0.481 e. The third-order valence-electron chi connectivity index (χ3n) is 7.08. The van der Waals surface area contributed by atoms with Gasteiger partial charge in [-0.05, 0) is 89.5 Å². The summed E-state index contributed by atoms with van der Waals surface area (Å²) in [4.78, 5) is 27.8. The van der Waals surface area contributed by atoms with E-state index in [2.05, 4.69) is 0 Å². The van der Waals surface area contributed by atoms with Crippen LogP contribution in [0, 0.1) is 17.3 Å². The van der Waals surface area contributed by atoms with Crippen LogP contribution in [0.2, 0.25) is 0 Å². The van der Waals surface area contributed by atoms with Crippen molar-refractivity contribution in [3.63, 3.8) is 0 Å². The van der Waals surface area contributed by atoms with Crippen LogP contribution in [0.1, 0.15) is 72.1 Å². The second-order valence-electron chi connectivity index (χ2n) is 8.89. The molecule has 1 aliphatic heterocycles. The third-order valence-corrected chi connectivity index (χ3v) is 7.08. The van der Waals surface area contributed by atoms with E-state index >= 15 is 0 Å². The highest BCUT2D eigenvalue weighted by molar-refractivity contribution is 5.99. The molecule has 3 aliphatic rings. The Morgan fingerprint density at radius 2 is 1.81 bits per heavy atom. The summed E-state index contributed by atoms with van der Waals surface area (Å²) < 4.78 is 0. The monoisotopic (exact) mass is 363 g/mol. The van der Waals surface area contributed by atoms with Gasteiger partial charge in [0.1, 0.15) is 5.41 Å². The molecule has 0 spiro atoms. The number of hydrogen-bond donors (Lipinski definition) is 2. The standard InChI is InChI=1S/C21H33NO4/c1-13(2)22-18(15-10-8-14(12-23)9-11-15)21(3,20(25)26)17-7-5-4-6-16(17)19(22)24/h13-15,18,23H,4-12H2,1-3H3,(H,25,26)/t14?,15?,18-,21-/m0/s1. The Morgan fingerprint density at radius 1 is 1.19 bits per heavy atom. The zero-order valence-electron chi connectivity index (χ0n) is 16.3. The van der Waals surface area contributed by atoms with Gasteiger partial charge in [-0.2, -0.15) is 0 Å². The van der Waals surface area contributed by atoms with E-state index in [9.17, 15) is 19.8 Å². The average Bonchev–Trinajstić information content (AvgIpc) is 2.64. The lowest BCUT2D eigenvalue weighted by molar-refractivity contribution is -0.158. The number of aliphatic hydroxyl groups excluding tert-OH is 1. The Morgan fingerprint density at radius 3 is 2.35 bits per heavy atom. The van der Waals surface area contributed by atoms with Gasteiger partial charge >= 0.3 is 5.97 Å². The first-order chi connectivity index (χ1) is 12.3. The molecular weight excluding hydrogens is 330 g/mol. The number of carbonyl (C=O) groups is 2. The van der Waals surface area contributed by atoms with Crippen LogP contribution in [-0.4, -0.2) is 45.7 Å². The number of rotatable bonds is 4. The van der Waals surface area contributed by atoms with Gasteiger partial charge in [-0.15, -0.1) is 0 Å². The van der Waals surface area contributed by atoms with E-state index in [0.717, 1.165) is 56.1 Å². The molecule has 5 heteroatoms. The minimum atomic E-state index is -0.995. The number of amides is 1. The van der Waals surface area contributed by atoms with Crippen molar-refractivity contribution >= 4 is 11.9 Å². The van der Waals surface area contributed by atoms with Crippen LogP contribution in [0.3, 0.4) is 0 Å². The summed E-state index contributed by atoms with van der Waals surface area (Å²) >= 11 is 0. The van der Waals surface area contributed by atoms with Crippen LogP contribution in [0.25, 0.3) is 0 Å². The Hall–Kier alpha value is -1.36. The molecule has 1 amide bonds. The molecule has 2 atom stereocenters. The maximum absolute atomic E-state index is 13.3. The molecule has 5 nitrogen and oxygen atoms in total. The topological polar surface area (TPSA) is 77.8 Å². The van der Waals surface area contributed by atoms with E-state index in [4.69, 9.17) is 0 Å². The van der Waals surface area contributed by atoms with Gasteiger partial charge in [0.05, 0.1) is 6.04 Å². The summed E-state index contributed by atoms with van der Waals surface area (Å²) in [6.07, 6.45) is 7.00. The molecule has 0 radical (unpaired) electrons.